The molecule has 134 valence electrons. The van der Waals surface area contributed by atoms with Crippen LogP contribution in [0, 0.1) is 5.92 Å². The van der Waals surface area contributed by atoms with Crippen LogP contribution in [0.15, 0.2) is 33.7 Å². The van der Waals surface area contributed by atoms with Crippen LogP contribution in [0.4, 0.5) is 0 Å². The van der Waals surface area contributed by atoms with Crippen LogP contribution in [-0.2, 0) is 6.54 Å². The van der Waals surface area contributed by atoms with E-state index >= 15 is 0 Å². The molecule has 0 spiro atoms. The van der Waals surface area contributed by atoms with Crippen molar-refractivity contribution in [3.8, 4) is 0 Å². The Morgan fingerprint density at radius 3 is 2.88 bits per heavy atom. The summed E-state index contributed by atoms with van der Waals surface area (Å²) in [5, 5.41) is 3.43. The van der Waals surface area contributed by atoms with E-state index in [1.165, 1.54) is 31.5 Å². The molecule has 1 aromatic carbocycles. The first-order valence-corrected chi connectivity index (χ1v) is 9.88. The van der Waals surface area contributed by atoms with Crippen LogP contribution in [0.5, 0.6) is 0 Å². The predicted molar refractivity (Wildman–Crippen MR) is 106 cm³/mol. The van der Waals surface area contributed by atoms with E-state index in [9.17, 15) is 0 Å². The summed E-state index contributed by atoms with van der Waals surface area (Å²) in [7, 11) is 2.11. The van der Waals surface area contributed by atoms with Gasteiger partial charge in [-0.2, -0.15) is 0 Å². The summed E-state index contributed by atoms with van der Waals surface area (Å²) < 4.78 is 1.15. The van der Waals surface area contributed by atoms with E-state index in [4.69, 9.17) is 4.99 Å². The predicted octanol–water partition coefficient (Wildman–Crippen LogP) is 3.58. The van der Waals surface area contributed by atoms with Crippen LogP contribution in [0.1, 0.15) is 32.3 Å². The van der Waals surface area contributed by atoms with Gasteiger partial charge in [0, 0.05) is 37.7 Å². The molecule has 1 atom stereocenters. The van der Waals surface area contributed by atoms with Gasteiger partial charge in [-0.1, -0.05) is 41.1 Å². The summed E-state index contributed by atoms with van der Waals surface area (Å²) in [5.74, 6) is 1.69. The highest BCUT2D eigenvalue weighted by molar-refractivity contribution is 9.10. The van der Waals surface area contributed by atoms with Crippen molar-refractivity contribution in [2.24, 2.45) is 10.9 Å². The van der Waals surface area contributed by atoms with Crippen LogP contribution in [0.2, 0.25) is 0 Å². The number of guanidine groups is 1. The minimum absolute atomic E-state index is 0.684. The first-order chi connectivity index (χ1) is 11.6. The second-order valence-corrected chi connectivity index (χ2v) is 7.40. The van der Waals surface area contributed by atoms with E-state index in [0.717, 1.165) is 36.6 Å². The van der Waals surface area contributed by atoms with Gasteiger partial charge in [0.2, 0.25) is 0 Å². The molecule has 0 aliphatic carbocycles. The smallest absolute Gasteiger partial charge is 0.193 e. The molecule has 1 fully saturated rings. The molecule has 4 nitrogen and oxygen atoms in total. The van der Waals surface area contributed by atoms with Crippen molar-refractivity contribution < 1.29 is 0 Å². The maximum atomic E-state index is 4.92. The topological polar surface area (TPSA) is 30.9 Å². The molecule has 2 rings (SSSR count). The minimum atomic E-state index is 0.684. The Kier molecular flexibility index (Phi) is 8.06. The van der Waals surface area contributed by atoms with E-state index in [-0.39, 0.29) is 0 Å². The lowest BCUT2D eigenvalue weighted by molar-refractivity contribution is 0.186. The third kappa shape index (κ3) is 5.78. The number of nitrogens with zero attached hydrogens (tertiary/aromatic N) is 3. The molecule has 0 saturated carbocycles. The molecule has 1 aliphatic rings. The van der Waals surface area contributed by atoms with Crippen LogP contribution in [0.25, 0.3) is 0 Å². The highest BCUT2D eigenvalue weighted by Gasteiger charge is 2.19. The molecule has 5 heteroatoms. The number of likely N-dealkylation sites (tertiary alicyclic amines) is 1. The molecule has 1 aromatic rings. The van der Waals surface area contributed by atoms with Crippen LogP contribution < -0.4 is 5.32 Å². The van der Waals surface area contributed by atoms with Gasteiger partial charge in [0.05, 0.1) is 0 Å². The van der Waals surface area contributed by atoms with E-state index in [0.29, 0.717) is 5.92 Å². The first-order valence-electron chi connectivity index (χ1n) is 9.09. The monoisotopic (exact) mass is 394 g/mol. The maximum absolute atomic E-state index is 4.92. The van der Waals surface area contributed by atoms with Gasteiger partial charge in [0.25, 0.3) is 0 Å². The molecule has 0 radical (unpaired) electrons. The van der Waals surface area contributed by atoms with Gasteiger partial charge in [-0.3, -0.25) is 4.99 Å². The molecular weight excluding hydrogens is 364 g/mol. The van der Waals surface area contributed by atoms with Crippen LogP contribution in [-0.4, -0.2) is 55.5 Å². The summed E-state index contributed by atoms with van der Waals surface area (Å²) in [6.07, 6.45) is 2.60. The lowest BCUT2D eigenvalue weighted by Crippen LogP contribution is -2.40. The van der Waals surface area contributed by atoms with Gasteiger partial charge in [0.15, 0.2) is 5.96 Å². The molecular formula is C19H31BrN4. The Labute approximate surface area is 155 Å². The highest BCUT2D eigenvalue weighted by atomic mass is 79.9. The quantitative estimate of drug-likeness (QED) is 0.590. The second-order valence-electron chi connectivity index (χ2n) is 6.54. The number of nitrogens with one attached hydrogen (secondary N) is 1. The fraction of sp³-hybridized carbons (Fsp3) is 0.632. The third-order valence-electron chi connectivity index (χ3n) is 4.61. The van der Waals surface area contributed by atoms with Crippen LogP contribution in [0.3, 0.4) is 0 Å². The van der Waals surface area contributed by atoms with E-state index < -0.39 is 0 Å². The molecule has 0 amide bonds. The van der Waals surface area contributed by atoms with Crippen molar-refractivity contribution in [3.63, 3.8) is 0 Å². The van der Waals surface area contributed by atoms with Crippen molar-refractivity contribution in [1.82, 2.24) is 15.1 Å². The summed E-state index contributed by atoms with van der Waals surface area (Å²) >= 11 is 3.64. The summed E-state index contributed by atoms with van der Waals surface area (Å²) in [6.45, 7) is 10.6. The Morgan fingerprint density at radius 2 is 2.17 bits per heavy atom. The van der Waals surface area contributed by atoms with Crippen molar-refractivity contribution in [3.05, 3.63) is 34.3 Å². The number of halogens is 1. The number of benzene rings is 1. The number of piperidine rings is 1. The lowest BCUT2D eigenvalue weighted by atomic mass is 9.98. The minimum Gasteiger partial charge on any atom is -0.357 e. The Hall–Kier alpha value is -1.07. The zero-order valence-electron chi connectivity index (χ0n) is 15.3. The van der Waals surface area contributed by atoms with Gasteiger partial charge in [-0.15, -0.1) is 0 Å². The molecule has 24 heavy (non-hydrogen) atoms. The number of aliphatic imine (C=N–C) groups is 1. The van der Waals surface area contributed by atoms with Crippen molar-refractivity contribution in [1.29, 1.82) is 0 Å². The van der Waals surface area contributed by atoms with Crippen LogP contribution >= 0.6 is 15.9 Å². The molecule has 1 unspecified atom stereocenters. The Balaban J connectivity index is 1.97. The maximum Gasteiger partial charge on any atom is 0.193 e. The Morgan fingerprint density at radius 1 is 1.38 bits per heavy atom. The first kappa shape index (κ1) is 19.3. The molecule has 1 saturated heterocycles. The fourth-order valence-electron chi connectivity index (χ4n) is 3.23. The standard InChI is InChI=1S/C19H31BrN4/c1-4-21-19(22-13-16-9-8-12-24(5-2)14-16)23(3)15-17-10-6-7-11-18(17)20/h6-7,10-11,16H,4-5,8-9,12-15H2,1-3H3,(H,21,22). The molecule has 1 heterocycles. The molecule has 1 aliphatic heterocycles. The van der Waals surface area contributed by atoms with Gasteiger partial charge in [-0.25, -0.2) is 0 Å². The zero-order chi connectivity index (χ0) is 17.4. The Bertz CT molecular complexity index is 532. The molecule has 0 aromatic heterocycles. The van der Waals surface area contributed by atoms with Gasteiger partial charge < -0.3 is 15.1 Å². The van der Waals surface area contributed by atoms with E-state index in [1.807, 2.05) is 0 Å². The lowest BCUT2D eigenvalue weighted by Gasteiger charge is -2.31. The SMILES string of the molecule is CCNC(=NCC1CCCN(CC)C1)N(C)Cc1ccccc1Br. The average molecular weight is 395 g/mol. The molecule has 0 bridgehead atoms. The second kappa shape index (κ2) is 10.0. The van der Waals surface area contributed by atoms with Crippen molar-refractivity contribution >= 4 is 21.9 Å². The zero-order valence-corrected chi connectivity index (χ0v) is 16.8. The van der Waals surface area contributed by atoms with Gasteiger partial charge in [-0.05, 0) is 50.4 Å². The fourth-order valence-corrected chi connectivity index (χ4v) is 3.64. The van der Waals surface area contributed by atoms with E-state index in [2.05, 4.69) is 76.2 Å². The number of hydrogen-bond donors (Lipinski definition) is 1. The average Bonchev–Trinajstić information content (AvgIpc) is 2.60. The summed E-state index contributed by atoms with van der Waals surface area (Å²) in [6, 6.07) is 8.38. The van der Waals surface area contributed by atoms with Crippen molar-refractivity contribution in [2.45, 2.75) is 33.2 Å². The van der Waals surface area contributed by atoms with Crippen molar-refractivity contribution in [2.75, 3.05) is 39.8 Å². The normalized spacial score (nSPS) is 19.3. The van der Waals surface area contributed by atoms with E-state index in [1.54, 1.807) is 0 Å². The van der Waals surface area contributed by atoms with Gasteiger partial charge in [0.1, 0.15) is 0 Å². The number of hydrogen-bond acceptors (Lipinski definition) is 2. The highest BCUT2D eigenvalue weighted by Crippen LogP contribution is 2.18. The largest absolute Gasteiger partial charge is 0.357 e. The third-order valence-corrected chi connectivity index (χ3v) is 5.39. The summed E-state index contributed by atoms with van der Waals surface area (Å²) in [5.41, 5.74) is 1.28. The van der Waals surface area contributed by atoms with Gasteiger partial charge >= 0.3 is 0 Å². The summed E-state index contributed by atoms with van der Waals surface area (Å²) in [4.78, 5) is 9.68. The number of rotatable bonds is 6. The molecule has 1 N–H and O–H groups in total.